The van der Waals surface area contributed by atoms with Crippen molar-refractivity contribution in [1.29, 1.82) is 0 Å². The Morgan fingerprint density at radius 2 is 1.74 bits per heavy atom. The highest BCUT2D eigenvalue weighted by atomic mass is 15.1. The molecule has 1 fully saturated rings. The van der Waals surface area contributed by atoms with Gasteiger partial charge >= 0.3 is 0 Å². The minimum atomic E-state index is 0.540. The molecule has 1 aliphatic rings. The Kier molecular flexibility index (Phi) is 8.01. The van der Waals surface area contributed by atoms with Gasteiger partial charge in [0.1, 0.15) is 0 Å². The van der Waals surface area contributed by atoms with E-state index in [4.69, 9.17) is 0 Å². The smallest absolute Gasteiger partial charge is 0.00471 e. The summed E-state index contributed by atoms with van der Waals surface area (Å²) < 4.78 is 0. The van der Waals surface area contributed by atoms with Crippen LogP contribution >= 0.6 is 0 Å². The maximum atomic E-state index is 3.63. The summed E-state index contributed by atoms with van der Waals surface area (Å²) in [6, 6.07) is 0. The topological polar surface area (TPSA) is 15.3 Å². The van der Waals surface area contributed by atoms with Crippen LogP contribution in [-0.2, 0) is 0 Å². The number of rotatable bonds is 8. The molecule has 114 valence electrons. The van der Waals surface area contributed by atoms with Gasteiger partial charge in [0, 0.05) is 13.1 Å². The number of hydrogen-bond acceptors (Lipinski definition) is 2. The van der Waals surface area contributed by atoms with E-state index in [1.165, 1.54) is 64.6 Å². The monoisotopic (exact) mass is 268 g/mol. The molecule has 0 bridgehead atoms. The molecule has 0 atom stereocenters. The standard InChI is InChI=1S/C17H36N2/c1-5-18-14-17(11-8-6-7-9-12-17)15-19(4)13-10-16(2)3/h16,18H,5-15H2,1-4H3. The first-order valence-electron chi connectivity index (χ1n) is 8.47. The molecule has 1 saturated carbocycles. The summed E-state index contributed by atoms with van der Waals surface area (Å²) in [5.74, 6) is 0.821. The quantitative estimate of drug-likeness (QED) is 0.671. The van der Waals surface area contributed by atoms with E-state index in [0.29, 0.717) is 5.41 Å². The third kappa shape index (κ3) is 6.76. The van der Waals surface area contributed by atoms with Gasteiger partial charge in [-0.15, -0.1) is 0 Å². The second-order valence-corrected chi connectivity index (χ2v) is 7.11. The fraction of sp³-hybridized carbons (Fsp3) is 1.00. The molecule has 1 N–H and O–H groups in total. The predicted octanol–water partition coefficient (Wildman–Crippen LogP) is 3.91. The summed E-state index contributed by atoms with van der Waals surface area (Å²) in [6.45, 7) is 11.7. The van der Waals surface area contributed by atoms with Gasteiger partial charge in [-0.1, -0.05) is 46.5 Å². The molecule has 0 aromatic rings. The molecule has 19 heavy (non-hydrogen) atoms. The van der Waals surface area contributed by atoms with Gasteiger partial charge in [0.15, 0.2) is 0 Å². The summed E-state index contributed by atoms with van der Waals surface area (Å²) in [5, 5.41) is 3.63. The van der Waals surface area contributed by atoms with Crippen LogP contribution in [0.1, 0.15) is 65.7 Å². The lowest BCUT2D eigenvalue weighted by Crippen LogP contribution is -2.43. The normalized spacial score (nSPS) is 19.9. The number of hydrogen-bond donors (Lipinski definition) is 1. The molecule has 0 aromatic carbocycles. The zero-order valence-corrected chi connectivity index (χ0v) is 13.8. The highest BCUT2D eigenvalue weighted by Gasteiger charge is 2.31. The molecule has 2 nitrogen and oxygen atoms in total. The van der Waals surface area contributed by atoms with E-state index < -0.39 is 0 Å². The summed E-state index contributed by atoms with van der Waals surface area (Å²) in [5.41, 5.74) is 0.540. The lowest BCUT2D eigenvalue weighted by Gasteiger charge is -2.37. The largest absolute Gasteiger partial charge is 0.316 e. The molecule has 0 spiro atoms. The minimum Gasteiger partial charge on any atom is -0.316 e. The average Bonchev–Trinajstić information content (AvgIpc) is 2.60. The third-order valence-corrected chi connectivity index (χ3v) is 4.61. The molecule has 0 radical (unpaired) electrons. The third-order valence-electron chi connectivity index (χ3n) is 4.61. The van der Waals surface area contributed by atoms with Gasteiger partial charge in [0.05, 0.1) is 0 Å². The van der Waals surface area contributed by atoms with Crippen LogP contribution in [0.25, 0.3) is 0 Å². The predicted molar refractivity (Wildman–Crippen MR) is 85.6 cm³/mol. The highest BCUT2D eigenvalue weighted by Crippen LogP contribution is 2.35. The molecule has 0 aromatic heterocycles. The van der Waals surface area contributed by atoms with E-state index in [-0.39, 0.29) is 0 Å². The Balaban J connectivity index is 2.51. The second-order valence-electron chi connectivity index (χ2n) is 7.11. The number of nitrogens with zero attached hydrogens (tertiary/aromatic N) is 1. The van der Waals surface area contributed by atoms with Gasteiger partial charge in [-0.25, -0.2) is 0 Å². The average molecular weight is 268 g/mol. The summed E-state index contributed by atoms with van der Waals surface area (Å²) in [7, 11) is 2.32. The molecule has 0 heterocycles. The van der Waals surface area contributed by atoms with E-state index in [1.54, 1.807) is 0 Å². The molecule has 0 unspecified atom stereocenters. The number of nitrogens with one attached hydrogen (secondary N) is 1. The molecule has 2 heteroatoms. The van der Waals surface area contributed by atoms with Gasteiger partial charge in [0.2, 0.25) is 0 Å². The van der Waals surface area contributed by atoms with Crippen molar-refractivity contribution in [3.05, 3.63) is 0 Å². The van der Waals surface area contributed by atoms with Crippen LogP contribution in [0, 0.1) is 11.3 Å². The lowest BCUT2D eigenvalue weighted by atomic mass is 9.79. The Bertz CT molecular complexity index is 217. The van der Waals surface area contributed by atoms with Crippen LogP contribution in [-0.4, -0.2) is 38.1 Å². The van der Waals surface area contributed by atoms with Gasteiger partial charge in [-0.05, 0) is 50.7 Å². The molecule has 0 saturated heterocycles. The summed E-state index contributed by atoms with van der Waals surface area (Å²) >= 11 is 0. The molecule has 1 aliphatic carbocycles. The van der Waals surface area contributed by atoms with E-state index in [9.17, 15) is 0 Å². The van der Waals surface area contributed by atoms with Crippen LogP contribution in [0.15, 0.2) is 0 Å². The van der Waals surface area contributed by atoms with Gasteiger partial charge in [-0.3, -0.25) is 0 Å². The first-order valence-corrected chi connectivity index (χ1v) is 8.47. The Labute approximate surface area is 121 Å². The Morgan fingerprint density at radius 1 is 1.11 bits per heavy atom. The van der Waals surface area contributed by atoms with Gasteiger partial charge in [-0.2, -0.15) is 0 Å². The highest BCUT2D eigenvalue weighted by molar-refractivity contribution is 4.86. The Morgan fingerprint density at radius 3 is 2.26 bits per heavy atom. The molecular formula is C17H36N2. The summed E-state index contributed by atoms with van der Waals surface area (Å²) in [6.07, 6.45) is 9.94. The first kappa shape index (κ1) is 17.0. The van der Waals surface area contributed by atoms with Crippen LogP contribution in [0.4, 0.5) is 0 Å². The van der Waals surface area contributed by atoms with Crippen molar-refractivity contribution in [3.8, 4) is 0 Å². The van der Waals surface area contributed by atoms with E-state index in [0.717, 1.165) is 12.5 Å². The van der Waals surface area contributed by atoms with Crippen LogP contribution in [0.2, 0.25) is 0 Å². The van der Waals surface area contributed by atoms with Crippen molar-refractivity contribution in [2.75, 3.05) is 33.2 Å². The van der Waals surface area contributed by atoms with Crippen molar-refractivity contribution in [1.82, 2.24) is 10.2 Å². The zero-order valence-electron chi connectivity index (χ0n) is 13.8. The summed E-state index contributed by atoms with van der Waals surface area (Å²) in [4.78, 5) is 2.59. The zero-order chi connectivity index (χ0) is 14.1. The van der Waals surface area contributed by atoms with Crippen molar-refractivity contribution < 1.29 is 0 Å². The molecule has 0 aliphatic heterocycles. The fourth-order valence-corrected chi connectivity index (χ4v) is 3.39. The van der Waals surface area contributed by atoms with Crippen LogP contribution < -0.4 is 5.32 Å². The fourth-order valence-electron chi connectivity index (χ4n) is 3.39. The van der Waals surface area contributed by atoms with Crippen molar-refractivity contribution in [2.45, 2.75) is 65.7 Å². The van der Waals surface area contributed by atoms with Crippen LogP contribution in [0.5, 0.6) is 0 Å². The van der Waals surface area contributed by atoms with Crippen molar-refractivity contribution >= 4 is 0 Å². The van der Waals surface area contributed by atoms with Gasteiger partial charge in [0.25, 0.3) is 0 Å². The second kappa shape index (κ2) is 8.97. The lowest BCUT2D eigenvalue weighted by molar-refractivity contribution is 0.143. The Hall–Kier alpha value is -0.0800. The molecule has 0 amide bonds. The van der Waals surface area contributed by atoms with Crippen molar-refractivity contribution in [3.63, 3.8) is 0 Å². The van der Waals surface area contributed by atoms with Gasteiger partial charge < -0.3 is 10.2 Å². The first-order chi connectivity index (χ1) is 9.08. The van der Waals surface area contributed by atoms with E-state index in [1.807, 2.05) is 0 Å². The van der Waals surface area contributed by atoms with E-state index >= 15 is 0 Å². The SMILES string of the molecule is CCNCC1(CN(C)CCC(C)C)CCCCCC1. The molecule has 1 rings (SSSR count). The maximum absolute atomic E-state index is 3.63. The molecular weight excluding hydrogens is 232 g/mol. The van der Waals surface area contributed by atoms with Crippen molar-refractivity contribution in [2.24, 2.45) is 11.3 Å². The van der Waals surface area contributed by atoms with Crippen LogP contribution in [0.3, 0.4) is 0 Å². The van der Waals surface area contributed by atoms with E-state index in [2.05, 4.69) is 38.0 Å². The minimum absolute atomic E-state index is 0.540. The maximum Gasteiger partial charge on any atom is 0.00471 e.